The van der Waals surface area contributed by atoms with E-state index in [0.29, 0.717) is 25.1 Å². The third kappa shape index (κ3) is 5.57. The van der Waals surface area contributed by atoms with Crippen molar-refractivity contribution in [3.05, 3.63) is 0 Å². The van der Waals surface area contributed by atoms with Crippen molar-refractivity contribution in [2.24, 2.45) is 11.7 Å². The van der Waals surface area contributed by atoms with Gasteiger partial charge in [0.05, 0.1) is 6.04 Å². The highest BCUT2D eigenvalue weighted by atomic mass is 16.5. The van der Waals surface area contributed by atoms with E-state index in [0.717, 1.165) is 25.9 Å². The summed E-state index contributed by atoms with van der Waals surface area (Å²) in [5.74, 6) is 0.650. The predicted octanol–water partition coefficient (Wildman–Crippen LogP) is 1.37. The molecule has 0 aromatic rings. The molecule has 1 amide bonds. The van der Waals surface area contributed by atoms with E-state index in [4.69, 9.17) is 10.5 Å². The van der Waals surface area contributed by atoms with Gasteiger partial charge in [-0.3, -0.25) is 9.69 Å². The van der Waals surface area contributed by atoms with Gasteiger partial charge < -0.3 is 15.8 Å². The third-order valence-electron chi connectivity index (χ3n) is 4.66. The van der Waals surface area contributed by atoms with Crippen LogP contribution >= 0.6 is 0 Å². The SMILES string of the molecule is CCN(C(C)C(=O)NCCCOC)C1CCCCC1CN. The molecule has 3 unspecified atom stereocenters. The smallest absolute Gasteiger partial charge is 0.237 e. The van der Waals surface area contributed by atoms with Crippen molar-refractivity contribution in [3.63, 3.8) is 0 Å². The van der Waals surface area contributed by atoms with Crippen LogP contribution in [0.15, 0.2) is 0 Å². The first-order valence-electron chi connectivity index (χ1n) is 8.38. The molecule has 3 atom stereocenters. The molecule has 0 radical (unpaired) electrons. The molecular formula is C16H33N3O2. The zero-order valence-corrected chi connectivity index (χ0v) is 13.9. The Morgan fingerprint density at radius 1 is 1.43 bits per heavy atom. The van der Waals surface area contributed by atoms with Gasteiger partial charge in [-0.1, -0.05) is 19.8 Å². The summed E-state index contributed by atoms with van der Waals surface area (Å²) < 4.78 is 5.00. The summed E-state index contributed by atoms with van der Waals surface area (Å²) >= 11 is 0. The summed E-state index contributed by atoms with van der Waals surface area (Å²) in [6, 6.07) is 0.364. The van der Waals surface area contributed by atoms with E-state index in [9.17, 15) is 4.79 Å². The lowest BCUT2D eigenvalue weighted by Gasteiger charge is -2.41. The molecule has 21 heavy (non-hydrogen) atoms. The summed E-state index contributed by atoms with van der Waals surface area (Å²) in [7, 11) is 1.68. The summed E-state index contributed by atoms with van der Waals surface area (Å²) in [6.45, 7) is 7.13. The van der Waals surface area contributed by atoms with Gasteiger partial charge in [-0.15, -0.1) is 0 Å². The van der Waals surface area contributed by atoms with Crippen LogP contribution in [0.25, 0.3) is 0 Å². The Morgan fingerprint density at radius 2 is 2.14 bits per heavy atom. The second-order valence-electron chi connectivity index (χ2n) is 5.99. The molecule has 1 aliphatic carbocycles. The molecule has 3 N–H and O–H groups in total. The van der Waals surface area contributed by atoms with Gasteiger partial charge in [0.1, 0.15) is 0 Å². The number of rotatable bonds is 9. The molecule has 0 spiro atoms. The van der Waals surface area contributed by atoms with Crippen LogP contribution in [0.4, 0.5) is 0 Å². The van der Waals surface area contributed by atoms with Gasteiger partial charge >= 0.3 is 0 Å². The van der Waals surface area contributed by atoms with E-state index in [1.807, 2.05) is 6.92 Å². The highest BCUT2D eigenvalue weighted by molar-refractivity contribution is 5.81. The van der Waals surface area contributed by atoms with Gasteiger partial charge in [0.2, 0.25) is 5.91 Å². The number of hydrogen-bond acceptors (Lipinski definition) is 4. The quantitative estimate of drug-likeness (QED) is 0.631. The number of carbonyl (C=O) groups is 1. The molecule has 0 saturated heterocycles. The second kappa shape index (κ2) is 10.1. The summed E-state index contributed by atoms with van der Waals surface area (Å²) in [5.41, 5.74) is 5.93. The van der Waals surface area contributed by atoms with Crippen LogP contribution < -0.4 is 11.1 Å². The van der Waals surface area contributed by atoms with E-state index in [2.05, 4.69) is 17.1 Å². The first kappa shape index (κ1) is 18.4. The van der Waals surface area contributed by atoms with Crippen LogP contribution in [0.3, 0.4) is 0 Å². The van der Waals surface area contributed by atoms with Gasteiger partial charge in [0.15, 0.2) is 0 Å². The summed E-state index contributed by atoms with van der Waals surface area (Å²) in [5, 5.41) is 3.01. The van der Waals surface area contributed by atoms with Crippen LogP contribution in [-0.2, 0) is 9.53 Å². The topological polar surface area (TPSA) is 67.6 Å². The molecule has 5 nitrogen and oxygen atoms in total. The fraction of sp³-hybridized carbons (Fsp3) is 0.938. The molecule has 0 heterocycles. The fourth-order valence-corrected chi connectivity index (χ4v) is 3.42. The first-order chi connectivity index (χ1) is 10.2. The number of likely N-dealkylation sites (N-methyl/N-ethyl adjacent to an activating group) is 1. The number of nitrogens with one attached hydrogen (secondary N) is 1. The highest BCUT2D eigenvalue weighted by Crippen LogP contribution is 2.29. The van der Waals surface area contributed by atoms with Gasteiger partial charge in [0.25, 0.3) is 0 Å². The first-order valence-corrected chi connectivity index (χ1v) is 8.38. The number of carbonyl (C=O) groups excluding carboxylic acids is 1. The maximum Gasteiger partial charge on any atom is 0.237 e. The van der Waals surface area contributed by atoms with Crippen LogP contribution in [0.5, 0.6) is 0 Å². The molecule has 1 rings (SSSR count). The normalized spacial score (nSPS) is 24.0. The Hall–Kier alpha value is -0.650. The van der Waals surface area contributed by atoms with Crippen LogP contribution in [0.2, 0.25) is 0 Å². The average Bonchev–Trinajstić information content (AvgIpc) is 2.52. The molecule has 1 fully saturated rings. The summed E-state index contributed by atoms with van der Waals surface area (Å²) in [6.07, 6.45) is 5.74. The number of methoxy groups -OCH3 is 1. The summed E-state index contributed by atoms with van der Waals surface area (Å²) in [4.78, 5) is 14.7. The monoisotopic (exact) mass is 299 g/mol. The number of nitrogens with two attached hydrogens (primary N) is 1. The second-order valence-corrected chi connectivity index (χ2v) is 5.99. The lowest BCUT2D eigenvalue weighted by Crippen LogP contribution is -2.54. The zero-order chi connectivity index (χ0) is 15.7. The predicted molar refractivity (Wildman–Crippen MR) is 86.1 cm³/mol. The zero-order valence-electron chi connectivity index (χ0n) is 13.9. The number of hydrogen-bond donors (Lipinski definition) is 2. The minimum atomic E-state index is -0.0882. The Balaban J connectivity index is 2.54. The number of amides is 1. The van der Waals surface area contributed by atoms with E-state index >= 15 is 0 Å². The largest absolute Gasteiger partial charge is 0.385 e. The molecule has 1 saturated carbocycles. The Kier molecular flexibility index (Phi) is 8.88. The highest BCUT2D eigenvalue weighted by Gasteiger charge is 2.33. The number of ether oxygens (including phenoxy) is 1. The molecular weight excluding hydrogens is 266 g/mol. The standard InChI is InChI=1S/C16H33N3O2/c1-4-19(15-9-6-5-8-14(15)12-17)13(2)16(20)18-10-7-11-21-3/h13-15H,4-12,17H2,1-3H3,(H,18,20). The minimum absolute atomic E-state index is 0.0882. The van der Waals surface area contributed by atoms with E-state index in [-0.39, 0.29) is 11.9 Å². The maximum atomic E-state index is 12.3. The van der Waals surface area contributed by atoms with E-state index in [1.54, 1.807) is 7.11 Å². The van der Waals surface area contributed by atoms with Crippen molar-refractivity contribution in [2.45, 2.75) is 58.0 Å². The molecule has 1 aliphatic rings. The Labute approximate surface area is 129 Å². The van der Waals surface area contributed by atoms with Crippen molar-refractivity contribution >= 4 is 5.91 Å². The lowest BCUT2D eigenvalue weighted by atomic mass is 9.83. The van der Waals surface area contributed by atoms with Crippen molar-refractivity contribution in [2.75, 3.05) is 33.4 Å². The molecule has 124 valence electrons. The Bertz CT molecular complexity index is 299. The number of nitrogens with zero attached hydrogens (tertiary/aromatic N) is 1. The average molecular weight is 299 g/mol. The van der Waals surface area contributed by atoms with E-state index in [1.165, 1.54) is 19.3 Å². The Morgan fingerprint density at radius 3 is 2.76 bits per heavy atom. The molecule has 0 aromatic carbocycles. The molecule has 5 heteroatoms. The lowest BCUT2D eigenvalue weighted by molar-refractivity contribution is -0.127. The molecule has 0 bridgehead atoms. The van der Waals surface area contributed by atoms with Crippen molar-refractivity contribution in [1.82, 2.24) is 10.2 Å². The molecule has 0 aromatic heterocycles. The van der Waals surface area contributed by atoms with Crippen molar-refractivity contribution < 1.29 is 9.53 Å². The third-order valence-corrected chi connectivity index (χ3v) is 4.66. The fourth-order valence-electron chi connectivity index (χ4n) is 3.42. The van der Waals surface area contributed by atoms with Crippen LogP contribution in [-0.4, -0.2) is 56.2 Å². The van der Waals surface area contributed by atoms with Crippen LogP contribution in [0.1, 0.15) is 46.0 Å². The van der Waals surface area contributed by atoms with Crippen molar-refractivity contribution in [3.8, 4) is 0 Å². The van der Waals surface area contributed by atoms with Crippen molar-refractivity contribution in [1.29, 1.82) is 0 Å². The minimum Gasteiger partial charge on any atom is -0.385 e. The van der Waals surface area contributed by atoms with Gasteiger partial charge in [-0.2, -0.15) is 0 Å². The maximum absolute atomic E-state index is 12.3. The van der Waals surface area contributed by atoms with E-state index < -0.39 is 0 Å². The van der Waals surface area contributed by atoms with Gasteiger partial charge in [0, 0.05) is 26.3 Å². The van der Waals surface area contributed by atoms with Gasteiger partial charge in [-0.05, 0) is 45.2 Å². The van der Waals surface area contributed by atoms with Crippen LogP contribution in [0, 0.1) is 5.92 Å². The van der Waals surface area contributed by atoms with Gasteiger partial charge in [-0.25, -0.2) is 0 Å². The molecule has 0 aliphatic heterocycles.